The molecule has 0 radical (unpaired) electrons. The third-order valence-electron chi connectivity index (χ3n) is 7.15. The van der Waals surface area contributed by atoms with E-state index in [-0.39, 0.29) is 17.9 Å². The van der Waals surface area contributed by atoms with E-state index in [1.807, 2.05) is 54.4 Å². The minimum absolute atomic E-state index is 0.0415. The first-order valence-corrected chi connectivity index (χ1v) is 13.1. The molecule has 0 fully saturated rings. The quantitative estimate of drug-likeness (QED) is 0.412. The number of rotatable bonds is 8. The minimum Gasteiger partial charge on any atom is -0.496 e. The Morgan fingerprint density at radius 2 is 1.89 bits per heavy atom. The Hall–Kier alpha value is -3.93. The topological polar surface area (TPSA) is 71.0 Å². The maximum absolute atomic E-state index is 13.6. The Balaban J connectivity index is 1.41. The molecule has 2 aliphatic rings. The minimum atomic E-state index is -0.0788. The lowest BCUT2D eigenvalue weighted by molar-refractivity contribution is -0.116. The first kappa shape index (κ1) is 24.8. The largest absolute Gasteiger partial charge is 0.496 e. The van der Waals surface area contributed by atoms with Crippen molar-refractivity contribution in [2.24, 2.45) is 4.99 Å². The maximum atomic E-state index is 13.6. The van der Waals surface area contributed by atoms with E-state index in [0.717, 1.165) is 54.6 Å². The van der Waals surface area contributed by atoms with Crippen LogP contribution in [-0.4, -0.2) is 31.2 Å². The number of anilines is 2. The van der Waals surface area contributed by atoms with Crippen molar-refractivity contribution in [3.63, 3.8) is 0 Å². The monoisotopic (exact) mass is 495 g/mol. The van der Waals surface area contributed by atoms with E-state index in [4.69, 9.17) is 9.73 Å². The van der Waals surface area contributed by atoms with Crippen molar-refractivity contribution in [3.05, 3.63) is 82.4 Å². The number of benzene rings is 3. The van der Waals surface area contributed by atoms with Gasteiger partial charge in [0.05, 0.1) is 24.4 Å². The molecule has 1 atom stereocenters. The van der Waals surface area contributed by atoms with Gasteiger partial charge in [-0.2, -0.15) is 0 Å². The van der Waals surface area contributed by atoms with Crippen molar-refractivity contribution in [2.45, 2.75) is 58.4 Å². The number of nitrogens with one attached hydrogen (secondary N) is 1. The van der Waals surface area contributed by atoms with Gasteiger partial charge in [-0.1, -0.05) is 38.1 Å². The van der Waals surface area contributed by atoms with Crippen molar-refractivity contribution in [2.75, 3.05) is 17.3 Å². The zero-order valence-electron chi connectivity index (χ0n) is 21.7. The third kappa shape index (κ3) is 5.01. The Kier molecular flexibility index (Phi) is 7.08. The van der Waals surface area contributed by atoms with Crippen LogP contribution in [-0.2, 0) is 30.5 Å². The second kappa shape index (κ2) is 10.6. The van der Waals surface area contributed by atoms with Gasteiger partial charge in [-0.3, -0.25) is 19.5 Å². The number of aryl methyl sites for hydroxylation is 3. The van der Waals surface area contributed by atoms with E-state index in [9.17, 15) is 9.59 Å². The Morgan fingerprint density at radius 3 is 2.68 bits per heavy atom. The molecular formula is C31H33N3O3. The van der Waals surface area contributed by atoms with Crippen LogP contribution in [0.4, 0.5) is 17.1 Å². The lowest BCUT2D eigenvalue weighted by Crippen LogP contribution is -2.37. The van der Waals surface area contributed by atoms with Gasteiger partial charge in [0, 0.05) is 30.4 Å². The molecule has 37 heavy (non-hydrogen) atoms. The van der Waals surface area contributed by atoms with Crippen molar-refractivity contribution in [1.29, 1.82) is 0 Å². The molecule has 2 heterocycles. The summed E-state index contributed by atoms with van der Waals surface area (Å²) in [5.74, 6) is 0.687. The fraction of sp³-hybridized carbons (Fsp3) is 0.323. The molecule has 6 nitrogen and oxygen atoms in total. The molecule has 2 amide bonds. The van der Waals surface area contributed by atoms with Gasteiger partial charge in [-0.15, -0.1) is 0 Å². The number of hydrogen-bond donors (Lipinski definition) is 1. The summed E-state index contributed by atoms with van der Waals surface area (Å²) in [6, 6.07) is 18.1. The van der Waals surface area contributed by atoms with Crippen LogP contribution >= 0.6 is 0 Å². The summed E-state index contributed by atoms with van der Waals surface area (Å²) in [6.45, 7) is 4.12. The Labute approximate surface area is 218 Å². The second-order valence-electron chi connectivity index (χ2n) is 9.72. The molecule has 0 saturated heterocycles. The predicted molar refractivity (Wildman–Crippen MR) is 149 cm³/mol. The van der Waals surface area contributed by atoms with Crippen LogP contribution in [0.3, 0.4) is 0 Å². The van der Waals surface area contributed by atoms with E-state index in [0.29, 0.717) is 23.4 Å². The lowest BCUT2D eigenvalue weighted by atomic mass is 9.98. The molecule has 3 aromatic carbocycles. The van der Waals surface area contributed by atoms with E-state index < -0.39 is 0 Å². The number of aliphatic imine (C=N–C) groups is 1. The van der Waals surface area contributed by atoms with Gasteiger partial charge >= 0.3 is 0 Å². The lowest BCUT2D eigenvalue weighted by Gasteiger charge is -2.22. The maximum Gasteiger partial charge on any atom is 0.261 e. The highest BCUT2D eigenvalue weighted by Crippen LogP contribution is 2.38. The molecule has 0 bridgehead atoms. The van der Waals surface area contributed by atoms with E-state index >= 15 is 0 Å². The Morgan fingerprint density at radius 1 is 1.08 bits per heavy atom. The van der Waals surface area contributed by atoms with E-state index in [2.05, 4.69) is 30.4 Å². The van der Waals surface area contributed by atoms with Crippen molar-refractivity contribution < 1.29 is 14.3 Å². The number of ether oxygens (including phenoxy) is 1. The molecule has 190 valence electrons. The number of nitrogens with zero attached hydrogens (tertiary/aromatic N) is 2. The molecule has 5 rings (SSSR count). The number of carbonyl (C=O) groups excluding carboxylic acids is 2. The van der Waals surface area contributed by atoms with Gasteiger partial charge < -0.3 is 10.1 Å². The van der Waals surface area contributed by atoms with Crippen LogP contribution in [0.2, 0.25) is 0 Å². The number of methoxy groups -OCH3 is 1. The van der Waals surface area contributed by atoms with Gasteiger partial charge in [-0.05, 0) is 78.3 Å². The highest BCUT2D eigenvalue weighted by atomic mass is 16.5. The van der Waals surface area contributed by atoms with Crippen LogP contribution in [0.1, 0.15) is 59.3 Å². The molecule has 2 aliphatic heterocycles. The van der Waals surface area contributed by atoms with Gasteiger partial charge in [0.25, 0.3) is 5.91 Å². The molecule has 0 spiro atoms. The van der Waals surface area contributed by atoms with E-state index in [1.165, 1.54) is 11.1 Å². The Bertz CT molecular complexity index is 1380. The van der Waals surface area contributed by atoms with Crippen LogP contribution in [0, 0.1) is 0 Å². The second-order valence-corrected chi connectivity index (χ2v) is 9.72. The summed E-state index contributed by atoms with van der Waals surface area (Å²) < 4.78 is 5.74. The summed E-state index contributed by atoms with van der Waals surface area (Å²) in [5, 5.41) is 3.03. The average molecular weight is 496 g/mol. The molecule has 3 aromatic rings. The first-order chi connectivity index (χ1) is 18.0. The van der Waals surface area contributed by atoms with Crippen LogP contribution in [0.5, 0.6) is 5.75 Å². The van der Waals surface area contributed by atoms with Crippen molar-refractivity contribution >= 4 is 35.1 Å². The average Bonchev–Trinajstić information content (AvgIpc) is 3.22. The highest BCUT2D eigenvalue weighted by molar-refractivity contribution is 6.14. The summed E-state index contributed by atoms with van der Waals surface area (Å²) in [6.07, 6.45) is 6.40. The number of carbonyl (C=O) groups is 2. The number of fused-ring (bicyclic) bond motifs is 4. The van der Waals surface area contributed by atoms with Crippen LogP contribution < -0.4 is 15.0 Å². The molecule has 0 saturated carbocycles. The molecule has 6 heteroatoms. The van der Waals surface area contributed by atoms with Crippen molar-refractivity contribution in [1.82, 2.24) is 0 Å². The number of amides is 2. The van der Waals surface area contributed by atoms with Crippen molar-refractivity contribution in [3.8, 4) is 5.75 Å². The zero-order chi connectivity index (χ0) is 25.9. The summed E-state index contributed by atoms with van der Waals surface area (Å²) in [7, 11) is 1.64. The van der Waals surface area contributed by atoms with Crippen LogP contribution in [0.25, 0.3) is 0 Å². The predicted octanol–water partition coefficient (Wildman–Crippen LogP) is 6.07. The van der Waals surface area contributed by atoms with Gasteiger partial charge in [0.15, 0.2) is 0 Å². The van der Waals surface area contributed by atoms with Crippen LogP contribution in [0.15, 0.2) is 59.6 Å². The first-order valence-electron chi connectivity index (χ1n) is 13.1. The zero-order valence-corrected chi connectivity index (χ0v) is 21.7. The molecule has 1 unspecified atom stereocenters. The SMILES string of the molecule is CCCC(=O)Nc1cc(CC)cc(CCc2cc3c(cc2OC)C(=O)N2c4ccccc4CC2C=N3)c1. The summed E-state index contributed by atoms with van der Waals surface area (Å²) in [5.41, 5.74) is 7.56. The molecule has 1 N–H and O–H groups in total. The van der Waals surface area contributed by atoms with Gasteiger partial charge in [0.2, 0.25) is 5.91 Å². The summed E-state index contributed by atoms with van der Waals surface area (Å²) in [4.78, 5) is 32.4. The molecule has 0 aliphatic carbocycles. The normalized spacial score (nSPS) is 15.6. The van der Waals surface area contributed by atoms with Gasteiger partial charge in [0.1, 0.15) is 5.75 Å². The molecular weight excluding hydrogens is 462 g/mol. The summed E-state index contributed by atoms with van der Waals surface area (Å²) >= 11 is 0. The third-order valence-corrected chi connectivity index (χ3v) is 7.15. The number of para-hydroxylation sites is 1. The molecule has 0 aromatic heterocycles. The van der Waals surface area contributed by atoms with E-state index in [1.54, 1.807) is 7.11 Å². The fourth-order valence-electron chi connectivity index (χ4n) is 5.28. The standard InChI is InChI=1S/C31H33N3O3/c1-4-8-30(35)33-24-14-20(5-2)13-21(15-24)11-12-23-17-27-26(18-29(23)37-3)31(36)34-25(19-32-27)16-22-9-6-7-10-28(22)34/h6-7,9-10,13-15,17-19,25H,4-5,8,11-12,16H2,1-3H3,(H,33,35). The number of hydrogen-bond acceptors (Lipinski definition) is 4. The highest BCUT2D eigenvalue weighted by Gasteiger charge is 2.36. The van der Waals surface area contributed by atoms with Gasteiger partial charge in [-0.25, -0.2) is 0 Å². The smallest absolute Gasteiger partial charge is 0.261 e. The fourth-order valence-corrected chi connectivity index (χ4v) is 5.28.